The van der Waals surface area contributed by atoms with Gasteiger partial charge in [0.15, 0.2) is 22.5 Å². The number of aromatic nitrogens is 1. The van der Waals surface area contributed by atoms with Crippen molar-refractivity contribution in [2.45, 2.75) is 37.8 Å². The lowest BCUT2D eigenvalue weighted by Crippen LogP contribution is -2.43. The summed E-state index contributed by atoms with van der Waals surface area (Å²) in [5.74, 6) is -1.91. The number of carbonyl (C=O) groups is 2. The van der Waals surface area contributed by atoms with E-state index in [1.165, 1.54) is 24.5 Å². The second-order valence-corrected chi connectivity index (χ2v) is 9.10. The zero-order valence-electron chi connectivity index (χ0n) is 18.6. The summed E-state index contributed by atoms with van der Waals surface area (Å²) in [7, 11) is 1.28. The maximum atomic E-state index is 14.8. The Bertz CT molecular complexity index is 1230. The van der Waals surface area contributed by atoms with Crippen molar-refractivity contribution in [3.63, 3.8) is 0 Å². The van der Waals surface area contributed by atoms with E-state index < -0.39 is 29.2 Å². The molecule has 1 aromatic carbocycles. The van der Waals surface area contributed by atoms with Crippen molar-refractivity contribution >= 4 is 29.2 Å². The molecule has 2 atom stereocenters. The number of fused-ring (bicyclic) bond motifs is 3. The van der Waals surface area contributed by atoms with E-state index >= 15 is 0 Å². The van der Waals surface area contributed by atoms with Crippen molar-refractivity contribution in [3.05, 3.63) is 62.7 Å². The number of thiazole rings is 1. The monoisotopic (exact) mass is 488 g/mol. The average molecular weight is 489 g/mol. The third kappa shape index (κ3) is 3.37. The lowest BCUT2D eigenvalue weighted by molar-refractivity contribution is -0.139. The molecule has 11 heteroatoms. The van der Waals surface area contributed by atoms with Crippen molar-refractivity contribution in [3.8, 4) is 0 Å². The minimum Gasteiger partial charge on any atom is -0.463 e. The highest BCUT2D eigenvalue weighted by Gasteiger charge is 2.54. The van der Waals surface area contributed by atoms with E-state index in [9.17, 15) is 18.4 Å². The first-order chi connectivity index (χ1) is 16.4. The van der Waals surface area contributed by atoms with Gasteiger partial charge in [-0.15, -0.1) is 11.3 Å². The van der Waals surface area contributed by atoms with Crippen molar-refractivity contribution in [1.82, 2.24) is 15.2 Å². The van der Waals surface area contributed by atoms with Gasteiger partial charge >= 0.3 is 12.1 Å². The number of hydrogen-bond donors (Lipinski definition) is 1. The van der Waals surface area contributed by atoms with Crippen LogP contribution in [0, 0.1) is 11.6 Å². The first kappa shape index (κ1) is 22.5. The van der Waals surface area contributed by atoms with Crippen LogP contribution in [-0.2, 0) is 26.2 Å². The molecule has 1 N–H and O–H groups in total. The summed E-state index contributed by atoms with van der Waals surface area (Å²) < 4.78 is 39.0. The largest absolute Gasteiger partial charge is 0.463 e. The number of esters is 1. The van der Waals surface area contributed by atoms with E-state index in [0.29, 0.717) is 35.1 Å². The number of nitrogens with zero attached hydrogens (tertiary/aromatic N) is 3. The van der Waals surface area contributed by atoms with Gasteiger partial charge in [0.05, 0.1) is 25.3 Å². The van der Waals surface area contributed by atoms with Gasteiger partial charge in [0.1, 0.15) is 5.54 Å². The predicted molar refractivity (Wildman–Crippen MR) is 119 cm³/mol. The van der Waals surface area contributed by atoms with Crippen LogP contribution in [-0.4, -0.2) is 54.1 Å². The Hall–Kier alpha value is -3.34. The summed E-state index contributed by atoms with van der Waals surface area (Å²) >= 11 is 1.38. The zero-order valence-corrected chi connectivity index (χ0v) is 19.4. The minimum atomic E-state index is -1.25. The smallest absolute Gasteiger partial charge is 0.407 e. The van der Waals surface area contributed by atoms with Crippen LogP contribution in [0.5, 0.6) is 0 Å². The van der Waals surface area contributed by atoms with E-state index in [0.717, 1.165) is 6.07 Å². The Morgan fingerprint density at radius 2 is 2.18 bits per heavy atom. The highest BCUT2D eigenvalue weighted by atomic mass is 32.1. The third-order valence-electron chi connectivity index (χ3n) is 6.41. The molecule has 5 rings (SSSR count). The molecule has 0 radical (unpaired) electrons. The number of hydrogen-bond acceptors (Lipinski definition) is 8. The molecule has 2 aliphatic heterocycles. The van der Waals surface area contributed by atoms with Crippen LogP contribution in [0.1, 0.15) is 35.9 Å². The molecule has 1 aromatic heterocycles. The third-order valence-corrected chi connectivity index (χ3v) is 7.18. The molecule has 3 aliphatic rings. The quantitative estimate of drug-likeness (QED) is 0.664. The molecule has 1 amide bonds. The highest BCUT2D eigenvalue weighted by molar-refractivity contribution is 7.11. The van der Waals surface area contributed by atoms with Gasteiger partial charge in [0.2, 0.25) is 0 Å². The van der Waals surface area contributed by atoms with Crippen LogP contribution >= 0.6 is 11.3 Å². The highest BCUT2D eigenvalue weighted by Crippen LogP contribution is 2.52. The molecule has 2 aromatic rings. The molecule has 1 spiro atoms. The van der Waals surface area contributed by atoms with E-state index in [-0.39, 0.29) is 36.6 Å². The molecule has 1 saturated heterocycles. The Morgan fingerprint density at radius 3 is 2.88 bits per heavy atom. The molecule has 1 aliphatic carbocycles. The fourth-order valence-electron chi connectivity index (χ4n) is 5.08. The van der Waals surface area contributed by atoms with E-state index in [1.807, 2.05) is 10.3 Å². The number of rotatable bonds is 4. The van der Waals surface area contributed by atoms with Gasteiger partial charge in [-0.05, 0) is 37.0 Å². The number of carbonyl (C=O) groups excluding carboxylic acids is 2. The summed E-state index contributed by atoms with van der Waals surface area (Å²) in [6, 6.07) is 2.20. The Balaban J connectivity index is 1.73. The number of ether oxygens (including phenoxy) is 2. The fourth-order valence-corrected chi connectivity index (χ4v) is 5.71. The predicted octanol–water partition coefficient (Wildman–Crippen LogP) is 3.27. The number of amidine groups is 1. The van der Waals surface area contributed by atoms with Crippen LogP contribution in [0.25, 0.3) is 0 Å². The minimum absolute atomic E-state index is 0.142. The Labute approximate surface area is 198 Å². The van der Waals surface area contributed by atoms with E-state index in [1.54, 1.807) is 13.1 Å². The topological polar surface area (TPSA) is 93.1 Å². The van der Waals surface area contributed by atoms with Crippen molar-refractivity contribution < 1.29 is 27.8 Å². The summed E-state index contributed by atoms with van der Waals surface area (Å²) in [5, 5.41) is 5.22. The second kappa shape index (κ2) is 8.46. The molecule has 0 saturated carbocycles. The summed E-state index contributed by atoms with van der Waals surface area (Å²) in [6.45, 7) is 2.18. The van der Waals surface area contributed by atoms with Crippen molar-refractivity contribution in [1.29, 1.82) is 0 Å². The van der Waals surface area contributed by atoms with Gasteiger partial charge in [-0.25, -0.2) is 28.3 Å². The number of aliphatic imine (C=N–C) groups is 1. The Kier molecular flexibility index (Phi) is 5.59. The lowest BCUT2D eigenvalue weighted by atomic mass is 9.81. The van der Waals surface area contributed by atoms with E-state index in [2.05, 4.69) is 10.3 Å². The van der Waals surface area contributed by atoms with Gasteiger partial charge in [0, 0.05) is 30.2 Å². The molecule has 3 heterocycles. The zero-order chi connectivity index (χ0) is 24.0. The molecule has 1 fully saturated rings. The summed E-state index contributed by atoms with van der Waals surface area (Å²) in [5.41, 5.74) is 0.315. The lowest BCUT2D eigenvalue weighted by Gasteiger charge is -2.38. The summed E-state index contributed by atoms with van der Waals surface area (Å²) in [6.07, 6.45) is 1.87. The van der Waals surface area contributed by atoms with Gasteiger partial charge in [-0.1, -0.05) is 6.07 Å². The second-order valence-electron chi connectivity index (χ2n) is 8.21. The Morgan fingerprint density at radius 1 is 1.35 bits per heavy atom. The van der Waals surface area contributed by atoms with Crippen LogP contribution < -0.4 is 5.32 Å². The average Bonchev–Trinajstić information content (AvgIpc) is 3.56. The molecule has 34 heavy (non-hydrogen) atoms. The molecule has 8 nitrogen and oxygen atoms in total. The number of methoxy groups -OCH3 is 1. The fraction of sp³-hybridized carbons (Fsp3) is 0.391. The molecule has 2 unspecified atom stereocenters. The van der Waals surface area contributed by atoms with Crippen LogP contribution in [0.3, 0.4) is 0 Å². The number of benzene rings is 1. The molecule has 0 bridgehead atoms. The normalized spacial score (nSPS) is 23.0. The molecular weight excluding hydrogens is 466 g/mol. The van der Waals surface area contributed by atoms with Gasteiger partial charge in [-0.2, -0.15) is 0 Å². The van der Waals surface area contributed by atoms with Gasteiger partial charge < -0.3 is 19.7 Å². The molecule has 178 valence electrons. The van der Waals surface area contributed by atoms with Crippen molar-refractivity contribution in [2.24, 2.45) is 4.99 Å². The van der Waals surface area contributed by atoms with Gasteiger partial charge in [0.25, 0.3) is 0 Å². The standard InChI is InChI=1S/C23H22F2N4O4S/c1-3-33-21(30)17-16-10-12(27-22(31)32-2)11-29(16)19(20-26-8-9-34-20)28-23(17)7-6-13-14(23)4-5-15(24)18(13)25/h4-5,8-9,12H,3,6-7,10-11H2,1-2H3,(H,27,31). The first-order valence-corrected chi connectivity index (χ1v) is 11.8. The maximum absolute atomic E-state index is 14.8. The first-order valence-electron chi connectivity index (χ1n) is 10.9. The number of alkyl carbamates (subject to hydrolysis) is 1. The van der Waals surface area contributed by atoms with Crippen LogP contribution in [0.15, 0.2) is 40.0 Å². The maximum Gasteiger partial charge on any atom is 0.407 e. The van der Waals surface area contributed by atoms with Crippen LogP contribution in [0.4, 0.5) is 13.6 Å². The number of amides is 1. The SMILES string of the molecule is CCOC(=O)C1=C2CC(NC(=O)OC)CN2C(c2nccs2)=NC12CCc1c2ccc(F)c1F. The molecular formula is C23H22F2N4O4S. The van der Waals surface area contributed by atoms with E-state index in [4.69, 9.17) is 14.5 Å². The van der Waals surface area contributed by atoms with Crippen LogP contribution in [0.2, 0.25) is 0 Å². The van der Waals surface area contributed by atoms with Crippen molar-refractivity contribution in [2.75, 3.05) is 20.3 Å². The summed E-state index contributed by atoms with van der Waals surface area (Å²) in [4.78, 5) is 36.6. The number of nitrogens with one attached hydrogen (secondary N) is 1. The van der Waals surface area contributed by atoms with Gasteiger partial charge in [-0.3, -0.25) is 0 Å². The number of halogens is 2.